The Bertz CT molecular complexity index is 1320. The third-order valence-electron chi connectivity index (χ3n) is 4.41. The number of hydrogen-bond acceptors (Lipinski definition) is 4. The summed E-state index contributed by atoms with van der Waals surface area (Å²) in [5.41, 5.74) is 4.98. The Morgan fingerprint density at radius 1 is 1.03 bits per heavy atom. The van der Waals surface area contributed by atoms with Gasteiger partial charge in [0.25, 0.3) is 0 Å². The number of halogens is 4. The Morgan fingerprint density at radius 3 is 2.59 bits per heavy atom. The van der Waals surface area contributed by atoms with Crippen molar-refractivity contribution in [3.05, 3.63) is 93.6 Å². The van der Waals surface area contributed by atoms with Crippen molar-refractivity contribution >= 4 is 100 Å². The lowest BCUT2D eigenvalue weighted by Crippen LogP contribution is -2.16. The zero-order valence-electron chi connectivity index (χ0n) is 16.2. The number of amides is 1. The zero-order chi connectivity index (χ0) is 22.7. The second kappa shape index (κ2) is 10.7. The second-order valence-electron chi connectivity index (χ2n) is 6.71. The fraction of sp³-hybridized carbons (Fsp3) is 0.0435. The monoisotopic (exact) mass is 778 g/mol. The number of nitrogens with one attached hydrogen (secondary N) is 1. The Kier molecular flexibility index (Phi) is 7.90. The van der Waals surface area contributed by atoms with Gasteiger partial charge in [0.2, 0.25) is 0 Å². The zero-order valence-corrected chi connectivity index (χ0v) is 23.7. The topological polar surface area (TPSA) is 63.8 Å². The molecule has 1 amide bonds. The first-order valence-corrected chi connectivity index (χ1v) is 13.0. The van der Waals surface area contributed by atoms with Gasteiger partial charge in [0.1, 0.15) is 17.9 Å². The van der Waals surface area contributed by atoms with Crippen molar-refractivity contribution in [2.75, 3.05) is 0 Å². The van der Waals surface area contributed by atoms with E-state index in [0.717, 1.165) is 29.0 Å². The number of ether oxygens (including phenoxy) is 1. The normalized spacial score (nSPS) is 11.2. The molecule has 0 bridgehead atoms. The quantitative estimate of drug-likeness (QED) is 0.125. The van der Waals surface area contributed by atoms with Crippen LogP contribution in [0, 0.1) is 7.14 Å². The van der Waals surface area contributed by atoms with Crippen LogP contribution in [0.1, 0.15) is 21.7 Å². The van der Waals surface area contributed by atoms with E-state index in [0.29, 0.717) is 17.9 Å². The number of benzene rings is 3. The molecular weight excluding hydrogens is 766 g/mol. The molecule has 0 aliphatic carbocycles. The van der Waals surface area contributed by atoms with Gasteiger partial charge >= 0.3 is 5.91 Å². The summed E-state index contributed by atoms with van der Waals surface area (Å²) >= 11 is 11.4. The average molecular weight is 780 g/mol. The molecule has 0 radical (unpaired) electrons. The van der Waals surface area contributed by atoms with Crippen LogP contribution in [0.25, 0.3) is 11.0 Å². The first kappa shape index (κ1) is 23.7. The Labute approximate surface area is 228 Å². The molecule has 0 fully saturated rings. The lowest BCUT2D eigenvalue weighted by molar-refractivity contribution is 0.0929. The summed E-state index contributed by atoms with van der Waals surface area (Å²) in [4.78, 5) is 12.5. The molecule has 4 rings (SSSR count). The predicted molar refractivity (Wildman–Crippen MR) is 149 cm³/mol. The molecule has 32 heavy (non-hydrogen) atoms. The van der Waals surface area contributed by atoms with E-state index in [9.17, 15) is 4.79 Å². The van der Waals surface area contributed by atoms with Gasteiger partial charge in [-0.3, -0.25) is 4.79 Å². The molecule has 4 aromatic rings. The molecule has 0 spiro atoms. The van der Waals surface area contributed by atoms with Gasteiger partial charge in [0, 0.05) is 23.5 Å². The molecule has 0 aliphatic heterocycles. The molecule has 0 saturated carbocycles. The standard InChI is InChI=1S/C23H14Br2I2N2O3/c24-16-3-6-20(31-12-13-1-4-18(26)5-2-13)15(8-16)11-28-29-23(30)21-9-14-7-17(25)10-19(27)22(14)32-21/h1-11H,12H2,(H,29,30)/b28-11-. The van der Waals surface area contributed by atoms with E-state index < -0.39 is 5.91 Å². The first-order chi connectivity index (χ1) is 15.4. The van der Waals surface area contributed by atoms with Crippen molar-refractivity contribution in [3.63, 3.8) is 0 Å². The van der Waals surface area contributed by atoms with Gasteiger partial charge in [0.05, 0.1) is 9.78 Å². The highest BCUT2D eigenvalue weighted by Crippen LogP contribution is 2.28. The fourth-order valence-corrected chi connectivity index (χ4v) is 5.30. The van der Waals surface area contributed by atoms with E-state index in [4.69, 9.17) is 9.15 Å². The smallest absolute Gasteiger partial charge is 0.307 e. The van der Waals surface area contributed by atoms with Crippen molar-refractivity contribution in [2.24, 2.45) is 5.10 Å². The fourth-order valence-electron chi connectivity index (χ4n) is 2.90. The minimum Gasteiger partial charge on any atom is -0.488 e. The number of nitrogens with zero attached hydrogens (tertiary/aromatic N) is 1. The van der Waals surface area contributed by atoms with Crippen LogP contribution in [-0.2, 0) is 6.61 Å². The maximum atomic E-state index is 12.5. The third-order valence-corrected chi connectivity index (χ3v) is 6.88. The molecule has 1 N–H and O–H groups in total. The number of fused-ring (bicyclic) bond motifs is 1. The molecule has 5 nitrogen and oxygen atoms in total. The van der Waals surface area contributed by atoms with Crippen LogP contribution in [0.3, 0.4) is 0 Å². The van der Waals surface area contributed by atoms with Crippen LogP contribution in [0.5, 0.6) is 5.75 Å². The van der Waals surface area contributed by atoms with E-state index in [1.807, 2.05) is 54.6 Å². The minimum atomic E-state index is -0.430. The van der Waals surface area contributed by atoms with E-state index in [2.05, 4.69) is 87.6 Å². The van der Waals surface area contributed by atoms with Gasteiger partial charge in [-0.15, -0.1) is 0 Å². The van der Waals surface area contributed by atoms with Crippen molar-refractivity contribution in [1.82, 2.24) is 5.43 Å². The SMILES string of the molecule is O=C(N/N=C\c1cc(Br)ccc1OCc1ccc(I)cc1)c1cc2cc(Br)cc(I)c2o1. The summed E-state index contributed by atoms with van der Waals surface area (Å²) in [6.45, 7) is 0.429. The van der Waals surface area contributed by atoms with Crippen molar-refractivity contribution in [1.29, 1.82) is 0 Å². The summed E-state index contributed by atoms with van der Waals surface area (Å²) in [7, 11) is 0. The van der Waals surface area contributed by atoms with Crippen LogP contribution in [0.4, 0.5) is 0 Å². The Balaban J connectivity index is 1.47. The highest BCUT2D eigenvalue weighted by atomic mass is 127. The summed E-state index contributed by atoms with van der Waals surface area (Å²) < 4.78 is 15.6. The number of hydrogen-bond donors (Lipinski definition) is 1. The van der Waals surface area contributed by atoms with E-state index in [-0.39, 0.29) is 5.76 Å². The molecule has 9 heteroatoms. The van der Waals surface area contributed by atoms with Gasteiger partial charge in [0.15, 0.2) is 5.76 Å². The number of rotatable bonds is 6. The van der Waals surface area contributed by atoms with Crippen LogP contribution < -0.4 is 10.2 Å². The third kappa shape index (κ3) is 5.91. The van der Waals surface area contributed by atoms with Gasteiger partial charge in [-0.25, -0.2) is 5.43 Å². The van der Waals surface area contributed by atoms with Gasteiger partial charge in [-0.2, -0.15) is 5.10 Å². The molecule has 0 unspecified atom stereocenters. The summed E-state index contributed by atoms with van der Waals surface area (Å²) in [5, 5.41) is 4.94. The summed E-state index contributed by atoms with van der Waals surface area (Å²) in [6, 6.07) is 19.3. The number of carbonyl (C=O) groups is 1. The van der Waals surface area contributed by atoms with Crippen molar-refractivity contribution in [3.8, 4) is 5.75 Å². The van der Waals surface area contributed by atoms with E-state index >= 15 is 0 Å². The maximum absolute atomic E-state index is 12.5. The molecule has 0 aliphatic rings. The summed E-state index contributed by atoms with van der Waals surface area (Å²) in [6.07, 6.45) is 1.55. The Hall–Kier alpha value is -1.44. The molecule has 1 aromatic heterocycles. The van der Waals surface area contributed by atoms with Gasteiger partial charge < -0.3 is 9.15 Å². The number of furan rings is 1. The highest BCUT2D eigenvalue weighted by molar-refractivity contribution is 14.1. The number of carbonyl (C=O) groups excluding carboxylic acids is 1. The average Bonchev–Trinajstić information content (AvgIpc) is 3.19. The van der Waals surface area contributed by atoms with Crippen molar-refractivity contribution in [2.45, 2.75) is 6.61 Å². The highest BCUT2D eigenvalue weighted by Gasteiger charge is 2.14. The van der Waals surface area contributed by atoms with Crippen LogP contribution >= 0.6 is 77.0 Å². The molecule has 3 aromatic carbocycles. The first-order valence-electron chi connectivity index (χ1n) is 9.28. The van der Waals surface area contributed by atoms with E-state index in [1.54, 1.807) is 12.3 Å². The summed E-state index contributed by atoms with van der Waals surface area (Å²) in [5.74, 6) is 0.422. The van der Waals surface area contributed by atoms with Crippen LogP contribution in [0.2, 0.25) is 0 Å². The maximum Gasteiger partial charge on any atom is 0.307 e. The molecule has 0 atom stereocenters. The molecular formula is C23H14Br2I2N2O3. The van der Waals surface area contributed by atoms with E-state index in [1.165, 1.54) is 3.57 Å². The largest absolute Gasteiger partial charge is 0.488 e. The number of hydrazone groups is 1. The van der Waals surface area contributed by atoms with Crippen LogP contribution in [0.15, 0.2) is 79.1 Å². The molecule has 0 saturated heterocycles. The molecule has 1 heterocycles. The molecule has 162 valence electrons. The minimum absolute atomic E-state index is 0.192. The lowest BCUT2D eigenvalue weighted by Gasteiger charge is -2.10. The Morgan fingerprint density at radius 2 is 1.81 bits per heavy atom. The van der Waals surface area contributed by atoms with Gasteiger partial charge in [-0.1, -0.05) is 44.0 Å². The lowest BCUT2D eigenvalue weighted by atomic mass is 10.2. The van der Waals surface area contributed by atoms with Crippen molar-refractivity contribution < 1.29 is 13.9 Å². The second-order valence-corrected chi connectivity index (χ2v) is 11.0. The van der Waals surface area contributed by atoms with Crippen LogP contribution in [-0.4, -0.2) is 12.1 Å². The van der Waals surface area contributed by atoms with Gasteiger partial charge in [-0.05, 0) is 99.3 Å². The predicted octanol–water partition coefficient (Wildman–Crippen LogP) is 7.51.